The summed E-state index contributed by atoms with van der Waals surface area (Å²) in [7, 11) is 1.99. The summed E-state index contributed by atoms with van der Waals surface area (Å²) in [6.45, 7) is 2.12. The molecular formula is C15H17Br2ClN2. The van der Waals surface area contributed by atoms with Crippen molar-refractivity contribution >= 4 is 43.5 Å². The van der Waals surface area contributed by atoms with Gasteiger partial charge in [0.1, 0.15) is 0 Å². The van der Waals surface area contributed by atoms with Gasteiger partial charge >= 0.3 is 0 Å². The molecule has 0 N–H and O–H groups in total. The first kappa shape index (κ1) is 16.1. The molecule has 2 rings (SSSR count). The Morgan fingerprint density at radius 3 is 2.65 bits per heavy atom. The van der Waals surface area contributed by atoms with E-state index < -0.39 is 0 Å². The van der Waals surface area contributed by atoms with Gasteiger partial charge in [0.2, 0.25) is 0 Å². The highest BCUT2D eigenvalue weighted by Gasteiger charge is 2.18. The molecule has 0 aliphatic rings. The number of aryl methyl sites for hydroxylation is 2. The maximum Gasteiger partial charge on any atom is 0.0766 e. The molecule has 0 saturated heterocycles. The number of aromatic nitrogens is 2. The summed E-state index contributed by atoms with van der Waals surface area (Å²) in [5, 5.41) is 4.54. The van der Waals surface area contributed by atoms with Crippen LogP contribution in [-0.2, 0) is 19.9 Å². The van der Waals surface area contributed by atoms with Gasteiger partial charge in [0.15, 0.2) is 0 Å². The number of nitrogens with zero attached hydrogens (tertiary/aromatic N) is 2. The average molecular weight is 421 g/mol. The Hall–Kier alpha value is -0.320. The normalized spacial score (nSPS) is 12.7. The highest BCUT2D eigenvalue weighted by Crippen LogP contribution is 2.29. The minimum absolute atomic E-state index is 0.283. The first-order valence-electron chi connectivity index (χ1n) is 6.58. The van der Waals surface area contributed by atoms with Crippen molar-refractivity contribution in [3.05, 3.63) is 50.2 Å². The summed E-state index contributed by atoms with van der Waals surface area (Å²) in [5.41, 5.74) is 3.55. The van der Waals surface area contributed by atoms with E-state index >= 15 is 0 Å². The lowest BCUT2D eigenvalue weighted by Gasteiger charge is -2.15. The molecule has 0 amide bonds. The minimum atomic E-state index is 0.283. The Labute approximate surface area is 141 Å². The molecule has 1 unspecified atom stereocenters. The Balaban J connectivity index is 2.29. The molecule has 0 aliphatic carbocycles. The van der Waals surface area contributed by atoms with E-state index in [1.54, 1.807) is 0 Å². The topological polar surface area (TPSA) is 17.8 Å². The molecule has 1 heterocycles. The molecular weight excluding hydrogens is 403 g/mol. The minimum Gasteiger partial charge on any atom is -0.271 e. The highest BCUT2D eigenvalue weighted by molar-refractivity contribution is 9.10. The largest absolute Gasteiger partial charge is 0.271 e. The first-order chi connectivity index (χ1) is 9.56. The average Bonchev–Trinajstić information content (AvgIpc) is 2.71. The van der Waals surface area contributed by atoms with Crippen LogP contribution in [0.15, 0.2) is 33.2 Å². The molecule has 108 valence electrons. The molecule has 2 aromatic rings. The van der Waals surface area contributed by atoms with E-state index in [-0.39, 0.29) is 5.92 Å². The van der Waals surface area contributed by atoms with Crippen LogP contribution >= 0.6 is 43.5 Å². The zero-order valence-corrected chi connectivity index (χ0v) is 15.5. The Morgan fingerprint density at radius 1 is 1.35 bits per heavy atom. The van der Waals surface area contributed by atoms with Crippen LogP contribution in [0.5, 0.6) is 0 Å². The number of benzene rings is 1. The first-order valence-corrected chi connectivity index (χ1v) is 8.70. The van der Waals surface area contributed by atoms with Gasteiger partial charge < -0.3 is 0 Å². The van der Waals surface area contributed by atoms with E-state index in [2.05, 4.69) is 62.1 Å². The maximum atomic E-state index is 6.19. The van der Waals surface area contributed by atoms with Gasteiger partial charge in [-0.2, -0.15) is 5.10 Å². The fraction of sp³-hybridized carbons (Fsp3) is 0.400. The van der Waals surface area contributed by atoms with Crippen LogP contribution in [0, 0.1) is 0 Å². The zero-order chi connectivity index (χ0) is 14.7. The van der Waals surface area contributed by atoms with Crippen LogP contribution in [0.3, 0.4) is 0 Å². The molecule has 0 bridgehead atoms. The second-order valence-corrected chi connectivity index (χ2v) is 6.81. The molecule has 0 saturated carbocycles. The van der Waals surface area contributed by atoms with Crippen molar-refractivity contribution in [2.24, 2.45) is 7.05 Å². The summed E-state index contributed by atoms with van der Waals surface area (Å²) >= 11 is 13.4. The van der Waals surface area contributed by atoms with Crippen molar-refractivity contribution in [3.63, 3.8) is 0 Å². The lowest BCUT2D eigenvalue weighted by atomic mass is 9.96. The third-order valence-corrected chi connectivity index (χ3v) is 5.23. The Bertz CT molecular complexity index is 596. The maximum absolute atomic E-state index is 6.19. The van der Waals surface area contributed by atoms with Crippen molar-refractivity contribution in [2.75, 3.05) is 5.88 Å². The van der Waals surface area contributed by atoms with Crippen LogP contribution in [0.1, 0.15) is 29.8 Å². The fourth-order valence-corrected chi connectivity index (χ4v) is 3.78. The molecule has 1 aromatic heterocycles. The molecule has 0 spiro atoms. The second-order valence-electron chi connectivity index (χ2n) is 4.79. The van der Waals surface area contributed by atoms with Crippen molar-refractivity contribution in [2.45, 2.75) is 25.7 Å². The van der Waals surface area contributed by atoms with Gasteiger partial charge in [-0.3, -0.25) is 4.68 Å². The molecule has 0 radical (unpaired) electrons. The lowest BCUT2D eigenvalue weighted by molar-refractivity contribution is 0.654. The summed E-state index contributed by atoms with van der Waals surface area (Å²) in [6.07, 6.45) is 1.81. The van der Waals surface area contributed by atoms with Gasteiger partial charge in [-0.1, -0.05) is 35.0 Å². The molecule has 5 heteroatoms. The van der Waals surface area contributed by atoms with Gasteiger partial charge in [-0.15, -0.1) is 11.6 Å². The Kier molecular flexibility index (Phi) is 5.70. The van der Waals surface area contributed by atoms with E-state index in [1.807, 2.05) is 17.8 Å². The van der Waals surface area contributed by atoms with Crippen LogP contribution in [-0.4, -0.2) is 15.7 Å². The number of alkyl halides is 1. The number of halogens is 3. The van der Waals surface area contributed by atoms with E-state index in [9.17, 15) is 0 Å². The summed E-state index contributed by atoms with van der Waals surface area (Å²) in [5.74, 6) is 0.876. The standard InChI is InChI=1S/C15H17Br2ClN2/c1-3-13-15(17)14(20(2)19-13)8-11(9-18)10-5-4-6-12(16)7-10/h4-7,11H,3,8-9H2,1-2H3. The predicted molar refractivity (Wildman–Crippen MR) is 91.6 cm³/mol. The van der Waals surface area contributed by atoms with Gasteiger partial charge in [0, 0.05) is 23.3 Å². The molecule has 1 atom stereocenters. The number of rotatable bonds is 5. The molecule has 0 fully saturated rings. The summed E-state index contributed by atoms with van der Waals surface area (Å²) in [4.78, 5) is 0. The Morgan fingerprint density at radius 2 is 2.10 bits per heavy atom. The van der Waals surface area contributed by atoms with E-state index in [1.165, 1.54) is 11.3 Å². The fourth-order valence-electron chi connectivity index (χ4n) is 2.30. The van der Waals surface area contributed by atoms with Crippen LogP contribution < -0.4 is 0 Å². The van der Waals surface area contributed by atoms with Crippen molar-refractivity contribution in [3.8, 4) is 0 Å². The second kappa shape index (κ2) is 7.10. The van der Waals surface area contributed by atoms with Crippen molar-refractivity contribution in [1.29, 1.82) is 0 Å². The smallest absolute Gasteiger partial charge is 0.0766 e. The zero-order valence-electron chi connectivity index (χ0n) is 11.5. The quantitative estimate of drug-likeness (QED) is 0.618. The van der Waals surface area contributed by atoms with Crippen molar-refractivity contribution < 1.29 is 0 Å². The monoisotopic (exact) mass is 418 g/mol. The number of hydrogen-bond acceptors (Lipinski definition) is 1. The molecule has 1 aromatic carbocycles. The predicted octanol–water partition coefficient (Wildman–Crippen LogP) is 5.07. The third kappa shape index (κ3) is 3.46. The molecule has 20 heavy (non-hydrogen) atoms. The van der Waals surface area contributed by atoms with E-state index in [0.717, 1.165) is 27.5 Å². The van der Waals surface area contributed by atoms with E-state index in [4.69, 9.17) is 11.6 Å². The van der Waals surface area contributed by atoms with Crippen LogP contribution in [0.4, 0.5) is 0 Å². The SMILES string of the molecule is CCc1nn(C)c(CC(CCl)c2cccc(Br)c2)c1Br. The number of hydrogen-bond donors (Lipinski definition) is 0. The summed E-state index contributed by atoms with van der Waals surface area (Å²) in [6, 6.07) is 8.35. The van der Waals surface area contributed by atoms with Crippen LogP contribution in [0.2, 0.25) is 0 Å². The van der Waals surface area contributed by atoms with Gasteiger partial charge in [-0.25, -0.2) is 0 Å². The highest BCUT2D eigenvalue weighted by atomic mass is 79.9. The van der Waals surface area contributed by atoms with Crippen molar-refractivity contribution in [1.82, 2.24) is 9.78 Å². The van der Waals surface area contributed by atoms with E-state index in [0.29, 0.717) is 5.88 Å². The van der Waals surface area contributed by atoms with Crippen LogP contribution in [0.25, 0.3) is 0 Å². The molecule has 0 aliphatic heterocycles. The summed E-state index contributed by atoms with van der Waals surface area (Å²) < 4.78 is 4.16. The lowest BCUT2D eigenvalue weighted by Crippen LogP contribution is -2.09. The molecule has 2 nitrogen and oxygen atoms in total. The third-order valence-electron chi connectivity index (χ3n) is 3.45. The van der Waals surface area contributed by atoms with Gasteiger partial charge in [0.25, 0.3) is 0 Å². The van der Waals surface area contributed by atoms with Gasteiger partial charge in [-0.05, 0) is 46.5 Å². The van der Waals surface area contributed by atoms with Gasteiger partial charge in [0.05, 0.1) is 15.9 Å².